The smallest absolute Gasteiger partial charge is 0.131 e. The average molecular weight is 265 g/mol. The minimum absolute atomic E-state index is 0.303. The lowest BCUT2D eigenvalue weighted by atomic mass is 10.0. The molecule has 0 spiro atoms. The molecule has 1 aliphatic rings. The molecule has 19 heavy (non-hydrogen) atoms. The summed E-state index contributed by atoms with van der Waals surface area (Å²) in [5.41, 5.74) is 1.32. The molecule has 1 atom stereocenters. The van der Waals surface area contributed by atoms with Crippen LogP contribution in [-0.2, 0) is 0 Å². The van der Waals surface area contributed by atoms with Crippen LogP contribution in [0, 0.1) is 11.7 Å². The second-order valence-corrected chi connectivity index (χ2v) is 5.96. The number of rotatable bonds is 6. The third-order valence-corrected chi connectivity index (χ3v) is 3.69. The van der Waals surface area contributed by atoms with E-state index >= 15 is 0 Å². The predicted molar refractivity (Wildman–Crippen MR) is 76.9 cm³/mol. The molecule has 1 saturated carbocycles. The number of anilines is 1. The number of hydrogen-bond acceptors (Lipinski definition) is 2. The van der Waals surface area contributed by atoms with Crippen LogP contribution in [0.5, 0.6) is 0 Å². The number of aliphatic hydroxyl groups excluding tert-OH is 1. The van der Waals surface area contributed by atoms with Crippen molar-refractivity contribution in [3.8, 4) is 0 Å². The van der Waals surface area contributed by atoms with E-state index in [1.807, 2.05) is 6.07 Å². The van der Waals surface area contributed by atoms with Gasteiger partial charge in [0.25, 0.3) is 0 Å². The van der Waals surface area contributed by atoms with Gasteiger partial charge in [-0.25, -0.2) is 4.39 Å². The lowest BCUT2D eigenvalue weighted by Gasteiger charge is -2.29. The Morgan fingerprint density at radius 1 is 1.32 bits per heavy atom. The Morgan fingerprint density at radius 2 is 2.00 bits per heavy atom. The van der Waals surface area contributed by atoms with Gasteiger partial charge in [-0.3, -0.25) is 0 Å². The normalized spacial score (nSPS) is 16.7. The van der Waals surface area contributed by atoms with Crippen molar-refractivity contribution < 1.29 is 9.50 Å². The number of hydrogen-bond donors (Lipinski definition) is 1. The van der Waals surface area contributed by atoms with Crippen molar-refractivity contribution >= 4 is 5.69 Å². The standard InChI is InChI=1S/C16H24FNO/c1-11(2)9-10-18(13-7-8-13)15-6-4-5-14(17)16(15)12(3)19/h4-6,11-13,19H,7-10H2,1-3H3/t12-/m0/s1. The van der Waals surface area contributed by atoms with Gasteiger partial charge in [0.05, 0.1) is 6.10 Å². The Morgan fingerprint density at radius 3 is 2.53 bits per heavy atom. The molecule has 0 bridgehead atoms. The predicted octanol–water partition coefficient (Wildman–Crippen LogP) is 3.89. The quantitative estimate of drug-likeness (QED) is 0.843. The van der Waals surface area contributed by atoms with Gasteiger partial charge in [0, 0.05) is 23.8 Å². The summed E-state index contributed by atoms with van der Waals surface area (Å²) < 4.78 is 14.0. The van der Waals surface area contributed by atoms with E-state index in [0.29, 0.717) is 17.5 Å². The Bertz CT molecular complexity index is 427. The van der Waals surface area contributed by atoms with E-state index in [1.54, 1.807) is 13.0 Å². The summed E-state index contributed by atoms with van der Waals surface area (Å²) in [6.45, 7) is 6.97. The molecule has 1 fully saturated rings. The van der Waals surface area contributed by atoms with E-state index in [9.17, 15) is 9.50 Å². The highest BCUT2D eigenvalue weighted by molar-refractivity contribution is 5.56. The molecule has 2 nitrogen and oxygen atoms in total. The van der Waals surface area contributed by atoms with Crippen molar-refractivity contribution in [2.24, 2.45) is 5.92 Å². The molecule has 0 saturated heterocycles. The highest BCUT2D eigenvalue weighted by Crippen LogP contribution is 2.37. The van der Waals surface area contributed by atoms with Crippen molar-refractivity contribution in [3.05, 3.63) is 29.6 Å². The third kappa shape index (κ3) is 3.47. The van der Waals surface area contributed by atoms with E-state index in [4.69, 9.17) is 0 Å². The van der Waals surface area contributed by atoms with Crippen molar-refractivity contribution in [3.63, 3.8) is 0 Å². The van der Waals surface area contributed by atoms with Crippen LogP contribution in [0.25, 0.3) is 0 Å². The van der Waals surface area contributed by atoms with Gasteiger partial charge in [-0.05, 0) is 44.2 Å². The summed E-state index contributed by atoms with van der Waals surface area (Å²) in [6.07, 6.45) is 2.67. The van der Waals surface area contributed by atoms with Gasteiger partial charge in [-0.2, -0.15) is 0 Å². The van der Waals surface area contributed by atoms with E-state index < -0.39 is 6.10 Å². The first kappa shape index (κ1) is 14.3. The molecule has 0 aromatic heterocycles. The molecule has 106 valence electrons. The Balaban J connectivity index is 2.28. The number of halogens is 1. The topological polar surface area (TPSA) is 23.5 Å². The largest absolute Gasteiger partial charge is 0.389 e. The molecule has 0 aliphatic heterocycles. The maximum atomic E-state index is 14.0. The molecule has 1 N–H and O–H groups in total. The van der Waals surface area contributed by atoms with E-state index in [-0.39, 0.29) is 5.82 Å². The zero-order valence-electron chi connectivity index (χ0n) is 12.1. The molecule has 0 amide bonds. The van der Waals surface area contributed by atoms with Crippen molar-refractivity contribution in [2.75, 3.05) is 11.4 Å². The van der Waals surface area contributed by atoms with Gasteiger partial charge >= 0.3 is 0 Å². The first-order valence-electron chi connectivity index (χ1n) is 7.23. The first-order chi connectivity index (χ1) is 9.00. The van der Waals surface area contributed by atoms with Crippen LogP contribution in [-0.4, -0.2) is 17.7 Å². The lowest BCUT2D eigenvalue weighted by molar-refractivity contribution is 0.194. The summed E-state index contributed by atoms with van der Waals surface area (Å²) in [4.78, 5) is 2.28. The molecule has 1 aromatic rings. The molecular formula is C16H24FNO. The van der Waals surface area contributed by atoms with Gasteiger partial charge in [0.15, 0.2) is 0 Å². The number of nitrogens with zero attached hydrogens (tertiary/aromatic N) is 1. The molecule has 0 unspecified atom stereocenters. The van der Waals surface area contributed by atoms with Gasteiger partial charge < -0.3 is 10.0 Å². The zero-order valence-corrected chi connectivity index (χ0v) is 12.1. The van der Waals surface area contributed by atoms with E-state index in [1.165, 1.54) is 18.9 Å². The Hall–Kier alpha value is -1.09. The molecule has 2 rings (SSSR count). The molecule has 1 aromatic carbocycles. The van der Waals surface area contributed by atoms with Crippen LogP contribution in [0.2, 0.25) is 0 Å². The maximum absolute atomic E-state index is 14.0. The fraction of sp³-hybridized carbons (Fsp3) is 0.625. The minimum Gasteiger partial charge on any atom is -0.389 e. The van der Waals surface area contributed by atoms with E-state index in [0.717, 1.165) is 18.7 Å². The van der Waals surface area contributed by atoms with Crippen LogP contribution in [0.15, 0.2) is 18.2 Å². The summed E-state index contributed by atoms with van der Waals surface area (Å²) in [7, 11) is 0. The average Bonchev–Trinajstić information content (AvgIpc) is 3.12. The molecule has 0 heterocycles. The summed E-state index contributed by atoms with van der Waals surface area (Å²) in [5, 5.41) is 9.85. The van der Waals surface area contributed by atoms with Crippen LogP contribution in [0.4, 0.5) is 10.1 Å². The van der Waals surface area contributed by atoms with Crippen LogP contribution in [0.1, 0.15) is 51.7 Å². The fourth-order valence-electron chi connectivity index (χ4n) is 2.47. The van der Waals surface area contributed by atoms with Crippen molar-refractivity contribution in [1.82, 2.24) is 0 Å². The minimum atomic E-state index is -0.767. The molecule has 1 aliphatic carbocycles. The Labute approximate surface area is 115 Å². The molecule has 3 heteroatoms. The maximum Gasteiger partial charge on any atom is 0.131 e. The number of benzene rings is 1. The summed E-state index contributed by atoms with van der Waals surface area (Å²) in [6, 6.07) is 5.63. The van der Waals surface area contributed by atoms with E-state index in [2.05, 4.69) is 18.7 Å². The molecular weight excluding hydrogens is 241 g/mol. The van der Waals surface area contributed by atoms with Crippen LogP contribution in [0.3, 0.4) is 0 Å². The van der Waals surface area contributed by atoms with Crippen molar-refractivity contribution in [1.29, 1.82) is 0 Å². The third-order valence-electron chi connectivity index (χ3n) is 3.69. The second-order valence-electron chi connectivity index (χ2n) is 5.96. The number of aliphatic hydroxyl groups is 1. The van der Waals surface area contributed by atoms with Gasteiger partial charge in [-0.1, -0.05) is 19.9 Å². The van der Waals surface area contributed by atoms with Crippen LogP contribution >= 0.6 is 0 Å². The van der Waals surface area contributed by atoms with Gasteiger partial charge in [0.2, 0.25) is 0 Å². The Kier molecular flexibility index (Phi) is 4.46. The summed E-state index contributed by atoms with van der Waals surface area (Å²) >= 11 is 0. The summed E-state index contributed by atoms with van der Waals surface area (Å²) in [5.74, 6) is 0.326. The highest BCUT2D eigenvalue weighted by Gasteiger charge is 2.31. The zero-order chi connectivity index (χ0) is 14.0. The molecule has 0 radical (unpaired) electrons. The van der Waals surface area contributed by atoms with Crippen molar-refractivity contribution in [2.45, 2.75) is 52.2 Å². The lowest BCUT2D eigenvalue weighted by Crippen LogP contribution is -2.29. The SMILES string of the molecule is CC(C)CCN(c1cccc(F)c1[C@H](C)O)C1CC1. The fourth-order valence-corrected chi connectivity index (χ4v) is 2.47. The van der Waals surface area contributed by atoms with Gasteiger partial charge in [0.1, 0.15) is 5.82 Å². The highest BCUT2D eigenvalue weighted by atomic mass is 19.1. The second kappa shape index (κ2) is 5.91. The van der Waals surface area contributed by atoms with Crippen LogP contribution < -0.4 is 4.90 Å². The monoisotopic (exact) mass is 265 g/mol. The van der Waals surface area contributed by atoms with Gasteiger partial charge in [-0.15, -0.1) is 0 Å². The first-order valence-corrected chi connectivity index (χ1v) is 7.23.